The summed E-state index contributed by atoms with van der Waals surface area (Å²) in [5, 5.41) is 13.1. The second-order valence-electron chi connectivity index (χ2n) is 9.22. The van der Waals surface area contributed by atoms with Crippen molar-refractivity contribution in [2.45, 2.75) is 74.4 Å². The van der Waals surface area contributed by atoms with Gasteiger partial charge in [-0.25, -0.2) is 4.79 Å². The number of primary amides is 2. The van der Waals surface area contributed by atoms with Crippen LogP contribution in [0.1, 0.15) is 44.9 Å². The minimum atomic E-state index is -1.29. The van der Waals surface area contributed by atoms with Crippen LogP contribution in [0, 0.1) is 6.54 Å². The zero-order chi connectivity index (χ0) is 28.9. The van der Waals surface area contributed by atoms with E-state index in [0.717, 1.165) is 25.1 Å². The Morgan fingerprint density at radius 3 is 2.44 bits per heavy atom. The first-order chi connectivity index (χ1) is 18.5. The molecule has 13 N–H and O–H groups in total. The molecule has 217 valence electrons. The highest BCUT2D eigenvalue weighted by atomic mass is 32.2. The molecule has 39 heavy (non-hydrogen) atoms. The van der Waals surface area contributed by atoms with Crippen LogP contribution in [-0.4, -0.2) is 83.2 Å². The lowest BCUT2D eigenvalue weighted by Gasteiger charge is -2.19. The van der Waals surface area contributed by atoms with E-state index in [-0.39, 0.29) is 48.7 Å². The third kappa shape index (κ3) is 11.3. The Kier molecular flexibility index (Phi) is 12.6. The van der Waals surface area contributed by atoms with Gasteiger partial charge >= 0.3 is 6.03 Å². The second-order valence-corrected chi connectivity index (χ2v) is 10.5. The maximum Gasteiger partial charge on any atom is 0.315 e. The molecule has 0 aromatic carbocycles. The zero-order valence-electron chi connectivity index (χ0n) is 21.4. The summed E-state index contributed by atoms with van der Waals surface area (Å²) in [6, 6.07) is -2.28. The van der Waals surface area contributed by atoms with Crippen LogP contribution >= 0.6 is 11.8 Å². The molecule has 0 aromatic rings. The molecule has 0 bridgehead atoms. The number of nitrogens with one attached hydrogen (secondary N) is 5. The average molecular weight is 570 g/mol. The van der Waals surface area contributed by atoms with Gasteiger partial charge in [-0.05, 0) is 25.7 Å². The maximum atomic E-state index is 12.5. The lowest BCUT2D eigenvalue weighted by molar-refractivity contribution is -0.131. The third-order valence-electron chi connectivity index (χ3n) is 6.09. The number of nitrogens with two attached hydrogens (primary N) is 4. The number of fused-ring (bicyclic) bond motifs is 1. The van der Waals surface area contributed by atoms with E-state index in [1.807, 2.05) is 0 Å². The number of hydrogen-bond donors (Lipinski definition) is 9. The van der Waals surface area contributed by atoms with E-state index < -0.39 is 48.0 Å². The van der Waals surface area contributed by atoms with Crippen molar-refractivity contribution in [3.63, 3.8) is 0 Å². The monoisotopic (exact) mass is 569 g/mol. The second kappa shape index (κ2) is 15.6. The van der Waals surface area contributed by atoms with Gasteiger partial charge in [-0.3, -0.25) is 29.0 Å². The fraction of sp³-hybridized carbons (Fsp3) is 0.636. The van der Waals surface area contributed by atoms with Gasteiger partial charge in [-0.2, -0.15) is 11.8 Å². The van der Waals surface area contributed by atoms with Gasteiger partial charge in [0.1, 0.15) is 18.6 Å². The summed E-state index contributed by atoms with van der Waals surface area (Å²) in [4.78, 5) is 75.4. The Bertz CT molecular complexity index is 960. The lowest BCUT2D eigenvalue weighted by atomic mass is 10.0. The largest absolute Gasteiger partial charge is 0.370 e. The Hall–Kier alpha value is -3.76. The predicted octanol–water partition coefficient (Wildman–Crippen LogP) is -3.63. The first-order valence-corrected chi connectivity index (χ1v) is 13.6. The number of nitrogens with zero attached hydrogens (tertiary/aromatic N) is 1. The molecule has 1 radical (unpaired) electrons. The fourth-order valence-electron chi connectivity index (χ4n) is 4.19. The average Bonchev–Trinajstić information content (AvgIpc) is 3.40. The molecule has 2 rings (SSSR count). The van der Waals surface area contributed by atoms with Crippen LogP contribution in [0.15, 0.2) is 4.99 Å². The molecule has 0 aliphatic carbocycles. The quantitative estimate of drug-likeness (QED) is 0.0361. The molecule has 2 aliphatic heterocycles. The zero-order valence-corrected chi connectivity index (χ0v) is 22.3. The van der Waals surface area contributed by atoms with Crippen molar-refractivity contribution in [3.8, 4) is 0 Å². The van der Waals surface area contributed by atoms with E-state index >= 15 is 0 Å². The molecule has 0 spiro atoms. The summed E-state index contributed by atoms with van der Waals surface area (Å²) in [6.07, 6.45) is 2.25. The Labute approximate surface area is 229 Å². The Morgan fingerprint density at radius 1 is 1.03 bits per heavy atom. The molecule has 2 unspecified atom stereocenters. The summed E-state index contributed by atoms with van der Waals surface area (Å²) < 4.78 is 0. The number of amides is 7. The van der Waals surface area contributed by atoms with E-state index in [9.17, 15) is 28.8 Å². The smallest absolute Gasteiger partial charge is 0.315 e. The van der Waals surface area contributed by atoms with Crippen molar-refractivity contribution in [2.24, 2.45) is 27.9 Å². The number of guanidine groups is 1. The van der Waals surface area contributed by atoms with Crippen LogP contribution in [0.2, 0.25) is 0 Å². The van der Waals surface area contributed by atoms with Crippen LogP contribution in [0.5, 0.6) is 0 Å². The van der Waals surface area contributed by atoms with Crippen molar-refractivity contribution in [2.75, 3.05) is 12.3 Å². The number of thioether (sulfide) groups is 1. The maximum absolute atomic E-state index is 12.5. The molecule has 2 saturated heterocycles. The highest BCUT2D eigenvalue weighted by Crippen LogP contribution is 2.33. The third-order valence-corrected chi connectivity index (χ3v) is 7.60. The highest BCUT2D eigenvalue weighted by Gasteiger charge is 2.42. The number of carbonyl (C=O) groups is 6. The van der Waals surface area contributed by atoms with Crippen molar-refractivity contribution in [1.29, 1.82) is 0 Å². The number of carbonyl (C=O) groups excluding carboxylic acids is 6. The Balaban J connectivity index is 1.73. The Morgan fingerprint density at radius 2 is 1.77 bits per heavy atom. The molecule has 0 aromatic heterocycles. The summed E-state index contributed by atoms with van der Waals surface area (Å²) in [5.41, 5.74) is 21.0. The standard InChI is InChI=1S/C22H37N10O6S/c23-15(33)8-12(20(37)28-9-17(35)29-11(19(24)36)4-3-7-27-21(25)26)30-16(34)6-2-1-5-14-18-13(10-39-14)31-22(38)32-18/h9,11-14,18H,1-8,10H2,(H2,23,33)(H2,24,36)(H,28,37)(H,29,35)(H,30,34)(H4,25,26,27)(H2,31,32,38)/t11?,12?,13-,14-,18-/m0/s1. The molecule has 7 amide bonds. The van der Waals surface area contributed by atoms with Gasteiger partial charge in [-0.1, -0.05) is 6.42 Å². The van der Waals surface area contributed by atoms with Crippen LogP contribution in [0.3, 0.4) is 0 Å². The predicted molar refractivity (Wildman–Crippen MR) is 143 cm³/mol. The summed E-state index contributed by atoms with van der Waals surface area (Å²) >= 11 is 1.78. The van der Waals surface area contributed by atoms with Crippen LogP contribution in [0.25, 0.3) is 0 Å². The fourth-order valence-corrected chi connectivity index (χ4v) is 5.73. The van der Waals surface area contributed by atoms with E-state index in [1.54, 1.807) is 11.8 Å². The van der Waals surface area contributed by atoms with Crippen LogP contribution in [0.4, 0.5) is 4.79 Å². The van der Waals surface area contributed by atoms with Crippen molar-refractivity contribution in [3.05, 3.63) is 6.54 Å². The van der Waals surface area contributed by atoms with E-state index in [1.165, 1.54) is 0 Å². The molecule has 2 aliphatic rings. The van der Waals surface area contributed by atoms with E-state index in [0.29, 0.717) is 12.8 Å². The van der Waals surface area contributed by atoms with E-state index in [4.69, 9.17) is 22.9 Å². The molecule has 2 fully saturated rings. The number of urea groups is 1. The molecular weight excluding hydrogens is 532 g/mol. The van der Waals surface area contributed by atoms with Crippen molar-refractivity contribution < 1.29 is 28.8 Å². The summed E-state index contributed by atoms with van der Waals surface area (Å²) in [6.45, 7) is 0.991. The minimum absolute atomic E-state index is 0.0800. The highest BCUT2D eigenvalue weighted by molar-refractivity contribution is 8.00. The number of hydrogen-bond acceptors (Lipinski definition) is 8. The number of unbranched alkanes of at least 4 members (excludes halogenated alkanes) is 1. The lowest BCUT2D eigenvalue weighted by Crippen LogP contribution is -2.50. The van der Waals surface area contributed by atoms with Crippen LogP contribution in [-0.2, 0) is 24.0 Å². The van der Waals surface area contributed by atoms with Crippen molar-refractivity contribution >= 4 is 53.3 Å². The first kappa shape index (κ1) is 31.5. The number of rotatable bonds is 17. The van der Waals surface area contributed by atoms with Crippen LogP contribution < -0.4 is 49.5 Å². The van der Waals surface area contributed by atoms with Gasteiger partial charge in [0.05, 0.1) is 18.5 Å². The van der Waals surface area contributed by atoms with Gasteiger partial charge in [0.15, 0.2) is 5.96 Å². The van der Waals surface area contributed by atoms with E-state index in [2.05, 4.69) is 31.6 Å². The molecular formula is C22H37N10O6S. The van der Waals surface area contributed by atoms with Gasteiger partial charge < -0.3 is 49.5 Å². The number of aliphatic imine (C=N–C) groups is 1. The molecule has 2 heterocycles. The van der Waals surface area contributed by atoms with Gasteiger partial charge in [0.25, 0.3) is 0 Å². The SMILES string of the molecule is NC(=O)CC(NC(=O)CCCC[C@@H]1SC[C@@H]2NC(=O)N[C@@H]21)C(=O)N[CH]C(=O)NC(CCCN=C(N)N)C(N)=O. The molecule has 17 heteroatoms. The van der Waals surface area contributed by atoms with Crippen molar-refractivity contribution in [1.82, 2.24) is 26.6 Å². The first-order valence-electron chi connectivity index (χ1n) is 12.5. The normalized spacial score (nSPS) is 20.9. The minimum Gasteiger partial charge on any atom is -0.370 e. The molecule has 16 nitrogen and oxygen atoms in total. The summed E-state index contributed by atoms with van der Waals surface area (Å²) in [5.74, 6) is -2.99. The topological polar surface area (TPSA) is 279 Å². The molecule has 0 saturated carbocycles. The van der Waals surface area contributed by atoms with Gasteiger partial charge in [0, 0.05) is 24.0 Å². The van der Waals surface area contributed by atoms with Gasteiger partial charge in [0.2, 0.25) is 29.5 Å². The molecule has 5 atom stereocenters. The summed E-state index contributed by atoms with van der Waals surface area (Å²) in [7, 11) is 0. The van der Waals surface area contributed by atoms with Gasteiger partial charge in [-0.15, -0.1) is 0 Å².